The van der Waals surface area contributed by atoms with Crippen molar-refractivity contribution in [1.82, 2.24) is 1.33 Å². The minimum atomic E-state index is 1.22. The van der Waals surface area contributed by atoms with Crippen molar-refractivity contribution < 1.29 is 0 Å². The Bertz CT molecular complexity index is 34.6. The minimum absolute atomic E-state index is 1.22. The monoisotopic (exact) mass is 296 g/mol. The van der Waals surface area contributed by atoms with E-state index in [0.717, 1.165) is 0 Å². The van der Waals surface area contributed by atoms with Crippen molar-refractivity contribution in [2.75, 3.05) is 0 Å². The summed E-state index contributed by atoms with van der Waals surface area (Å²) in [6, 6.07) is 0. The Balaban J connectivity index is 2.83. The fourth-order valence-corrected chi connectivity index (χ4v) is 0. The number of rotatable bonds is 1. The van der Waals surface area contributed by atoms with Gasteiger partial charge in [0.15, 0.2) is 0 Å². The molecule has 0 aliphatic rings. The zero-order chi connectivity index (χ0) is 4.28. The van der Waals surface area contributed by atoms with E-state index in [-0.39, 0.29) is 0 Å². The molecule has 0 atom stereocenters. The molecule has 4 heteroatoms. The van der Waals surface area contributed by atoms with Crippen molar-refractivity contribution in [3.8, 4) is 0 Å². The van der Waals surface area contributed by atoms with Gasteiger partial charge >= 0.3 is 0 Å². The maximum absolute atomic E-state index is 6.44. The Morgan fingerprint density at radius 3 is 1.80 bits per heavy atom. The van der Waals surface area contributed by atoms with E-state index in [0.29, 0.717) is 0 Å². The molecule has 0 aromatic carbocycles. The van der Waals surface area contributed by atoms with E-state index in [1.807, 2.05) is 45.7 Å². The summed E-state index contributed by atoms with van der Waals surface area (Å²) in [6.07, 6.45) is 1.22. The van der Waals surface area contributed by atoms with E-state index >= 15 is 0 Å². The molecule has 0 unspecified atom stereocenters. The second kappa shape index (κ2) is 3.13. The quantitative estimate of drug-likeness (QED) is 0.338. The van der Waals surface area contributed by atoms with Crippen molar-refractivity contribution in [1.29, 1.82) is 5.41 Å². The van der Waals surface area contributed by atoms with E-state index in [1.165, 1.54) is 6.34 Å². The molecule has 0 aromatic rings. The summed E-state index contributed by atoms with van der Waals surface area (Å²) in [5.41, 5.74) is 0. The predicted octanol–water partition coefficient (Wildman–Crippen LogP) is 1.60. The van der Waals surface area contributed by atoms with Gasteiger partial charge in [0.25, 0.3) is 0 Å². The van der Waals surface area contributed by atoms with Crippen LogP contribution >= 0.6 is 45.7 Å². The van der Waals surface area contributed by atoms with E-state index in [1.54, 1.807) is 1.33 Å². The number of hydrogen-bond donors (Lipinski definition) is 1. The third-order valence-corrected chi connectivity index (χ3v) is 0.655. The van der Waals surface area contributed by atoms with Gasteiger partial charge in [0, 0.05) is 0 Å². The number of nitrogens with zero attached hydrogens (tertiary/aromatic N) is 1. The van der Waals surface area contributed by atoms with Crippen molar-refractivity contribution in [3.63, 3.8) is 0 Å². The highest BCUT2D eigenvalue weighted by Crippen LogP contribution is 1.99. The molecule has 0 saturated heterocycles. The van der Waals surface area contributed by atoms with Gasteiger partial charge < -0.3 is 0 Å². The Hall–Kier alpha value is 0.930. The average molecular weight is 296 g/mol. The summed E-state index contributed by atoms with van der Waals surface area (Å²) in [7, 11) is 0. The van der Waals surface area contributed by atoms with E-state index < -0.39 is 0 Å². The van der Waals surface area contributed by atoms with Crippen LogP contribution < -0.4 is 0 Å². The van der Waals surface area contributed by atoms with Crippen LogP contribution in [0.25, 0.3) is 0 Å². The summed E-state index contributed by atoms with van der Waals surface area (Å²) in [5.74, 6) is 0. The average Bonchev–Trinajstić information content (AvgIpc) is 1.38. The van der Waals surface area contributed by atoms with Gasteiger partial charge in [0.2, 0.25) is 0 Å². The maximum Gasteiger partial charge on any atom is 0.100 e. The molecule has 1 N–H and O–H groups in total. The number of nitrogens with one attached hydrogen (secondary N) is 1. The summed E-state index contributed by atoms with van der Waals surface area (Å²) in [5, 5.41) is 6.44. The fourth-order valence-electron chi connectivity index (χ4n) is 0. The van der Waals surface area contributed by atoms with Crippen molar-refractivity contribution in [2.45, 2.75) is 0 Å². The summed E-state index contributed by atoms with van der Waals surface area (Å²) >= 11 is 3.97. The van der Waals surface area contributed by atoms with E-state index in [4.69, 9.17) is 5.41 Å². The van der Waals surface area contributed by atoms with Gasteiger partial charge in [-0.3, -0.25) is 5.41 Å². The zero-order valence-electron chi connectivity index (χ0n) is 2.28. The van der Waals surface area contributed by atoms with Crippen LogP contribution in [0.3, 0.4) is 0 Å². The molecule has 5 heavy (non-hydrogen) atoms. The molecule has 2 nitrogen and oxygen atoms in total. The highest BCUT2D eigenvalue weighted by molar-refractivity contribution is 14.2. The summed E-state index contributed by atoms with van der Waals surface area (Å²) < 4.78 is 1.61. The molecule has 0 spiro atoms. The van der Waals surface area contributed by atoms with Crippen LogP contribution in [0.5, 0.6) is 0 Å². The Kier molecular flexibility index (Phi) is 3.72. The fraction of sp³-hybridized carbons (Fsp3) is 0. The predicted molar refractivity (Wildman–Crippen MR) is 38.7 cm³/mol. The molecular formula is CH2I2N2. The Labute approximate surface area is 58.4 Å². The van der Waals surface area contributed by atoms with Gasteiger partial charge in [-0.1, -0.05) is 0 Å². The zero-order valence-corrected chi connectivity index (χ0v) is 6.60. The third kappa shape index (κ3) is 4.93. The molecule has 30 valence electrons. The number of hydrogen-bond acceptors (Lipinski definition) is 1. The van der Waals surface area contributed by atoms with Crippen LogP contribution in [0.15, 0.2) is 0 Å². The van der Waals surface area contributed by atoms with E-state index in [9.17, 15) is 0 Å². The highest BCUT2D eigenvalue weighted by Gasteiger charge is 1.71. The minimum Gasteiger partial charge on any atom is -0.290 e. The van der Waals surface area contributed by atoms with Crippen LogP contribution in [0.1, 0.15) is 0 Å². The largest absolute Gasteiger partial charge is 0.290 e. The van der Waals surface area contributed by atoms with Crippen LogP contribution in [0.4, 0.5) is 0 Å². The van der Waals surface area contributed by atoms with Gasteiger partial charge in [-0.25, -0.2) is 1.33 Å². The first-order chi connectivity index (χ1) is 2.27. The topological polar surface area (TPSA) is 27.1 Å². The van der Waals surface area contributed by atoms with Crippen molar-refractivity contribution in [2.24, 2.45) is 0 Å². The molecule has 0 heterocycles. The lowest BCUT2D eigenvalue weighted by atomic mass is 11.4. The molecule has 0 amide bonds. The standard InChI is InChI=1S/CH2I2N2/c2-5(3)1-4/h1,4H. The van der Waals surface area contributed by atoms with Gasteiger partial charge in [-0.15, -0.1) is 0 Å². The lowest BCUT2D eigenvalue weighted by molar-refractivity contribution is 1.30. The van der Waals surface area contributed by atoms with Crippen LogP contribution in [-0.2, 0) is 0 Å². The van der Waals surface area contributed by atoms with E-state index in [2.05, 4.69) is 0 Å². The van der Waals surface area contributed by atoms with Crippen molar-refractivity contribution >= 4 is 52.1 Å². The van der Waals surface area contributed by atoms with Crippen LogP contribution in [0, 0.1) is 5.41 Å². The normalized spacial score (nSPS) is 6.80. The lowest BCUT2D eigenvalue weighted by Crippen LogP contribution is -1.83. The van der Waals surface area contributed by atoms with Gasteiger partial charge in [-0.05, 0) is 0 Å². The number of halogens is 2. The van der Waals surface area contributed by atoms with Crippen LogP contribution in [-0.4, -0.2) is 7.67 Å². The molecule has 0 aliphatic heterocycles. The van der Waals surface area contributed by atoms with Gasteiger partial charge in [0.05, 0.1) is 45.7 Å². The molecule has 0 rings (SSSR count). The van der Waals surface area contributed by atoms with Gasteiger partial charge in [0.1, 0.15) is 6.34 Å². The first kappa shape index (κ1) is 5.93. The second-order valence-corrected chi connectivity index (χ2v) is 4.31. The summed E-state index contributed by atoms with van der Waals surface area (Å²) in [4.78, 5) is 0. The molecular weight excluding hydrogens is 294 g/mol. The lowest BCUT2D eigenvalue weighted by Gasteiger charge is -1.87. The van der Waals surface area contributed by atoms with Crippen molar-refractivity contribution in [3.05, 3.63) is 0 Å². The third-order valence-electron chi connectivity index (χ3n) is 0.0976. The first-order valence-electron chi connectivity index (χ1n) is 0.885. The SMILES string of the molecule is N=CN(I)I. The molecule has 0 aromatic heterocycles. The highest BCUT2D eigenvalue weighted by atomic mass is 127. The molecule has 0 saturated carbocycles. The Morgan fingerprint density at radius 1 is 1.60 bits per heavy atom. The molecule has 0 aliphatic carbocycles. The van der Waals surface area contributed by atoms with Crippen LogP contribution in [0.2, 0.25) is 0 Å². The molecule has 0 bridgehead atoms. The summed E-state index contributed by atoms with van der Waals surface area (Å²) in [6.45, 7) is 0. The molecule has 0 fully saturated rings. The second-order valence-electron chi connectivity index (χ2n) is 0.388. The smallest absolute Gasteiger partial charge is 0.100 e. The molecule has 0 radical (unpaired) electrons. The maximum atomic E-state index is 6.44. The van der Waals surface area contributed by atoms with Gasteiger partial charge in [-0.2, -0.15) is 0 Å². The first-order valence-corrected chi connectivity index (χ1v) is 2.81. The Morgan fingerprint density at radius 2 is 1.80 bits per heavy atom.